The molecule has 0 saturated heterocycles. The van der Waals surface area contributed by atoms with Crippen LogP contribution < -0.4 is 10.6 Å². The molecule has 4 N–H and O–H groups in total. The lowest BCUT2D eigenvalue weighted by Gasteiger charge is -2.05. The Morgan fingerprint density at radius 1 is 1.53 bits per heavy atom. The summed E-state index contributed by atoms with van der Waals surface area (Å²) < 4.78 is 0. The third kappa shape index (κ3) is 3.32. The highest BCUT2D eigenvalue weighted by Gasteiger charge is 2.15. The Morgan fingerprint density at radius 3 is 2.95 bits per heavy atom. The van der Waals surface area contributed by atoms with Crippen LogP contribution in [0.4, 0.5) is 10.5 Å². The maximum Gasteiger partial charge on any atom is 0.354 e. The number of urea groups is 1. The van der Waals surface area contributed by atoms with E-state index in [9.17, 15) is 9.59 Å². The molecule has 2 amide bonds. The summed E-state index contributed by atoms with van der Waals surface area (Å²) in [4.78, 5) is 29.3. The number of aryl methyl sites for hydroxylation is 1. The Bertz CT molecular complexity index is 591. The molecule has 0 fully saturated rings. The molecule has 0 saturated carbocycles. The summed E-state index contributed by atoms with van der Waals surface area (Å²) in [6, 6.07) is 1.08. The van der Waals surface area contributed by atoms with E-state index in [0.29, 0.717) is 12.2 Å². The number of aromatic amines is 1. The van der Waals surface area contributed by atoms with E-state index in [1.54, 1.807) is 18.5 Å². The van der Waals surface area contributed by atoms with Crippen LogP contribution in [0.3, 0.4) is 0 Å². The van der Waals surface area contributed by atoms with Crippen LogP contribution in [0.2, 0.25) is 0 Å². The molecule has 0 atom stereocenters. The molecule has 0 unspecified atom stereocenters. The number of nitrogens with one attached hydrogen (secondary N) is 3. The van der Waals surface area contributed by atoms with Crippen molar-refractivity contribution in [3.8, 4) is 0 Å². The highest BCUT2D eigenvalue weighted by atomic mass is 32.1. The molecular weight excluding hydrogens is 268 g/mol. The number of amides is 2. The molecule has 19 heavy (non-hydrogen) atoms. The summed E-state index contributed by atoms with van der Waals surface area (Å²) in [5, 5.41) is 15.9. The van der Waals surface area contributed by atoms with E-state index < -0.39 is 12.0 Å². The molecular formula is C11H12N4O3S. The van der Waals surface area contributed by atoms with Gasteiger partial charge in [-0.05, 0) is 13.0 Å². The van der Waals surface area contributed by atoms with Crippen molar-refractivity contribution >= 4 is 29.0 Å². The van der Waals surface area contributed by atoms with Gasteiger partial charge in [-0.15, -0.1) is 11.3 Å². The van der Waals surface area contributed by atoms with Gasteiger partial charge in [-0.3, -0.25) is 0 Å². The van der Waals surface area contributed by atoms with Crippen molar-refractivity contribution in [2.45, 2.75) is 13.5 Å². The molecule has 0 aliphatic rings. The molecule has 0 aliphatic heterocycles. The lowest BCUT2D eigenvalue weighted by atomic mass is 10.3. The predicted molar refractivity (Wildman–Crippen MR) is 70.5 cm³/mol. The van der Waals surface area contributed by atoms with Gasteiger partial charge in [0, 0.05) is 11.1 Å². The Balaban J connectivity index is 1.97. The summed E-state index contributed by atoms with van der Waals surface area (Å²) >= 11 is 1.44. The summed E-state index contributed by atoms with van der Waals surface area (Å²) in [7, 11) is 0. The summed E-state index contributed by atoms with van der Waals surface area (Å²) in [6.07, 6.45) is 0. The molecule has 2 heterocycles. The van der Waals surface area contributed by atoms with Gasteiger partial charge in [-0.25, -0.2) is 14.6 Å². The van der Waals surface area contributed by atoms with Gasteiger partial charge < -0.3 is 20.7 Å². The van der Waals surface area contributed by atoms with Crippen molar-refractivity contribution in [3.63, 3.8) is 0 Å². The van der Waals surface area contributed by atoms with Crippen molar-refractivity contribution < 1.29 is 14.7 Å². The number of nitrogens with zero attached hydrogens (tertiary/aromatic N) is 1. The minimum atomic E-state index is -1.12. The number of rotatable bonds is 4. The highest BCUT2D eigenvalue weighted by Crippen LogP contribution is 2.16. The van der Waals surface area contributed by atoms with Crippen LogP contribution in [0.1, 0.15) is 21.9 Å². The van der Waals surface area contributed by atoms with Gasteiger partial charge in [-0.1, -0.05) is 0 Å². The first-order valence-corrected chi connectivity index (χ1v) is 6.35. The van der Waals surface area contributed by atoms with Gasteiger partial charge in [-0.2, -0.15) is 0 Å². The quantitative estimate of drug-likeness (QED) is 0.685. The van der Waals surface area contributed by atoms with E-state index in [1.165, 1.54) is 11.3 Å². The second-order valence-electron chi connectivity index (χ2n) is 3.83. The van der Waals surface area contributed by atoms with Crippen LogP contribution in [-0.2, 0) is 6.54 Å². The maximum absolute atomic E-state index is 11.6. The van der Waals surface area contributed by atoms with Crippen LogP contribution in [0.25, 0.3) is 0 Å². The fraction of sp³-hybridized carbons (Fsp3) is 0.182. The van der Waals surface area contributed by atoms with Gasteiger partial charge >= 0.3 is 12.0 Å². The average molecular weight is 280 g/mol. The van der Waals surface area contributed by atoms with Crippen molar-refractivity contribution in [1.29, 1.82) is 0 Å². The highest BCUT2D eigenvalue weighted by molar-refractivity contribution is 7.07. The Hall–Kier alpha value is -2.35. The minimum absolute atomic E-state index is 0.0405. The second kappa shape index (κ2) is 5.53. The van der Waals surface area contributed by atoms with Crippen molar-refractivity contribution in [3.05, 3.63) is 34.0 Å². The number of H-pyrrole nitrogens is 1. The molecule has 0 aromatic carbocycles. The summed E-state index contributed by atoms with van der Waals surface area (Å²) in [5.74, 6) is -1.12. The average Bonchev–Trinajstić information content (AvgIpc) is 2.96. The Kier molecular flexibility index (Phi) is 3.81. The molecule has 0 spiro atoms. The summed E-state index contributed by atoms with van der Waals surface area (Å²) in [5.41, 5.74) is 3.28. The maximum atomic E-state index is 11.6. The van der Waals surface area contributed by atoms with E-state index >= 15 is 0 Å². The van der Waals surface area contributed by atoms with Gasteiger partial charge in [0.2, 0.25) is 0 Å². The fourth-order valence-corrected chi connectivity index (χ4v) is 2.08. The van der Waals surface area contributed by atoms with Gasteiger partial charge in [0.15, 0.2) is 0 Å². The molecule has 2 rings (SSSR count). The van der Waals surface area contributed by atoms with E-state index in [-0.39, 0.29) is 11.4 Å². The number of thiazole rings is 1. The van der Waals surface area contributed by atoms with Crippen molar-refractivity contribution in [2.24, 2.45) is 0 Å². The lowest BCUT2D eigenvalue weighted by molar-refractivity contribution is 0.0692. The standard InChI is InChI=1S/C11H12N4O3S/c1-6-2-8(9(14-6)10(16)17)15-11(18)12-3-7-4-19-5-13-7/h2,4-5,14H,3H2,1H3,(H,16,17)(H2,12,15,18). The van der Waals surface area contributed by atoms with Gasteiger partial charge in [0.25, 0.3) is 0 Å². The van der Waals surface area contributed by atoms with E-state index in [1.807, 2.05) is 5.38 Å². The van der Waals surface area contributed by atoms with E-state index in [2.05, 4.69) is 20.6 Å². The smallest absolute Gasteiger partial charge is 0.354 e. The number of carbonyl (C=O) groups excluding carboxylic acids is 1. The zero-order valence-electron chi connectivity index (χ0n) is 10.1. The largest absolute Gasteiger partial charge is 0.477 e. The van der Waals surface area contributed by atoms with Gasteiger partial charge in [0.1, 0.15) is 5.69 Å². The number of anilines is 1. The molecule has 0 aliphatic carbocycles. The van der Waals surface area contributed by atoms with Crippen LogP contribution in [0.15, 0.2) is 17.0 Å². The Labute approximate surface area is 112 Å². The number of hydrogen-bond acceptors (Lipinski definition) is 4. The van der Waals surface area contributed by atoms with Crippen LogP contribution in [0, 0.1) is 6.92 Å². The van der Waals surface area contributed by atoms with Crippen molar-refractivity contribution in [2.75, 3.05) is 5.32 Å². The molecule has 2 aromatic rings. The van der Waals surface area contributed by atoms with Crippen LogP contribution in [-0.4, -0.2) is 27.1 Å². The van der Waals surface area contributed by atoms with Crippen molar-refractivity contribution in [1.82, 2.24) is 15.3 Å². The first-order chi connectivity index (χ1) is 9.06. The molecule has 100 valence electrons. The molecule has 0 radical (unpaired) electrons. The minimum Gasteiger partial charge on any atom is -0.477 e. The number of aromatic nitrogens is 2. The normalized spacial score (nSPS) is 10.2. The second-order valence-corrected chi connectivity index (χ2v) is 4.55. The van der Waals surface area contributed by atoms with Crippen LogP contribution in [0.5, 0.6) is 0 Å². The van der Waals surface area contributed by atoms with Gasteiger partial charge in [0.05, 0.1) is 23.4 Å². The number of carbonyl (C=O) groups is 2. The van der Waals surface area contributed by atoms with E-state index in [4.69, 9.17) is 5.11 Å². The molecule has 8 heteroatoms. The number of hydrogen-bond donors (Lipinski definition) is 4. The van der Waals surface area contributed by atoms with Crippen LogP contribution >= 0.6 is 11.3 Å². The number of carboxylic acids is 1. The first-order valence-electron chi connectivity index (χ1n) is 5.41. The zero-order valence-corrected chi connectivity index (χ0v) is 10.9. The summed E-state index contributed by atoms with van der Waals surface area (Å²) in [6.45, 7) is 2.01. The zero-order chi connectivity index (χ0) is 13.8. The SMILES string of the molecule is Cc1cc(NC(=O)NCc2cscn2)c(C(=O)O)[nH]1. The lowest BCUT2D eigenvalue weighted by Crippen LogP contribution is -2.28. The van der Waals surface area contributed by atoms with E-state index in [0.717, 1.165) is 5.69 Å². The predicted octanol–water partition coefficient (Wildman–Crippen LogP) is 1.80. The number of carboxylic acid groups (broad SMARTS) is 1. The number of aromatic carboxylic acids is 1. The third-order valence-electron chi connectivity index (χ3n) is 2.33. The topological polar surface area (TPSA) is 107 Å². The first kappa shape index (κ1) is 13.1. The molecule has 0 bridgehead atoms. The fourth-order valence-electron chi connectivity index (χ4n) is 1.52. The molecule has 7 nitrogen and oxygen atoms in total. The molecule has 2 aromatic heterocycles. The third-order valence-corrected chi connectivity index (χ3v) is 2.96. The monoisotopic (exact) mass is 280 g/mol. The Morgan fingerprint density at radius 2 is 2.32 bits per heavy atom.